The van der Waals surface area contributed by atoms with Crippen LogP contribution >= 0.6 is 39.1 Å². The Kier molecular flexibility index (Phi) is 19.2. The van der Waals surface area contributed by atoms with Gasteiger partial charge in [-0.3, -0.25) is 32.7 Å². The monoisotopic (exact) mass is 970 g/mol. The number of ether oxygens (including phenoxy) is 2. The summed E-state index contributed by atoms with van der Waals surface area (Å²) in [5.41, 5.74) is 0.658. The van der Waals surface area contributed by atoms with Crippen molar-refractivity contribution in [1.29, 1.82) is 0 Å². The number of aliphatic hydroxyl groups is 1. The summed E-state index contributed by atoms with van der Waals surface area (Å²) in [6.45, 7) is 9.19. The molecule has 0 saturated carbocycles. The number of nitrogens with zero attached hydrogens (tertiary/aromatic N) is 6. The van der Waals surface area contributed by atoms with Gasteiger partial charge < -0.3 is 19.7 Å². The van der Waals surface area contributed by atoms with E-state index in [0.29, 0.717) is 86.7 Å². The first-order chi connectivity index (χ1) is 30.0. The van der Waals surface area contributed by atoms with Crippen molar-refractivity contribution in [2.24, 2.45) is 25.9 Å². The molecule has 0 fully saturated rings. The van der Waals surface area contributed by atoms with Gasteiger partial charge in [0.1, 0.15) is 28.5 Å². The number of phenols is 1. The van der Waals surface area contributed by atoms with Crippen LogP contribution in [0.2, 0.25) is 10.0 Å². The Morgan fingerprint density at radius 3 is 1.79 bits per heavy atom. The van der Waals surface area contributed by atoms with Crippen LogP contribution in [0.1, 0.15) is 64.5 Å². The smallest absolute Gasteiger partial charge is 0.332 e. The summed E-state index contributed by atoms with van der Waals surface area (Å²) in [7, 11) is 3.20. The minimum absolute atomic E-state index is 0.107. The van der Waals surface area contributed by atoms with E-state index < -0.39 is 16.9 Å². The van der Waals surface area contributed by atoms with Gasteiger partial charge in [0.2, 0.25) is 0 Å². The number of hydrogen-bond donors (Lipinski definition) is 2. The number of aromatic nitrogens is 6. The number of carbonyl (C=O) groups excluding carboxylic acids is 1. The van der Waals surface area contributed by atoms with Gasteiger partial charge in [-0.25, -0.2) is 19.6 Å². The molecule has 0 saturated heterocycles. The van der Waals surface area contributed by atoms with Crippen molar-refractivity contribution in [1.82, 2.24) is 28.2 Å². The Morgan fingerprint density at radius 1 is 0.762 bits per heavy atom. The lowest BCUT2D eigenvalue weighted by Gasteiger charge is -2.17. The summed E-state index contributed by atoms with van der Waals surface area (Å²) >= 11 is 15.0. The molecule has 18 heteroatoms. The fraction of sp³-hybridized carbons (Fsp3) is 0.400. The third kappa shape index (κ3) is 13.4. The molecule has 0 bridgehead atoms. The number of rotatable bonds is 16. The summed E-state index contributed by atoms with van der Waals surface area (Å²) < 4.78 is 16.6. The second-order valence-electron chi connectivity index (χ2n) is 15.5. The maximum Gasteiger partial charge on any atom is 0.332 e. The first-order valence-corrected chi connectivity index (χ1v) is 22.0. The molecule has 0 radical (unpaired) electrons. The molecule has 63 heavy (non-hydrogen) atoms. The molecule has 0 aliphatic rings. The zero-order valence-electron chi connectivity index (χ0n) is 36.1. The quantitative estimate of drug-likeness (QED) is 0.0719. The fourth-order valence-corrected chi connectivity index (χ4v) is 7.40. The number of pyridine rings is 2. The van der Waals surface area contributed by atoms with Gasteiger partial charge in [-0.15, -0.1) is 0 Å². The Morgan fingerprint density at radius 2 is 1.29 bits per heavy atom. The predicted octanol–water partition coefficient (Wildman–Crippen LogP) is 7.57. The van der Waals surface area contributed by atoms with Crippen LogP contribution in [0, 0.1) is 11.8 Å². The number of aryl methyl sites for hydroxylation is 4. The van der Waals surface area contributed by atoms with E-state index in [2.05, 4.69) is 58.3 Å². The molecule has 6 aromatic rings. The highest BCUT2D eigenvalue weighted by Gasteiger charge is 2.21. The maximum absolute atomic E-state index is 13.3. The number of aromatic hydroxyl groups is 1. The highest BCUT2D eigenvalue weighted by Crippen LogP contribution is 2.31. The van der Waals surface area contributed by atoms with Crippen LogP contribution in [0.4, 0.5) is 0 Å². The molecule has 0 aliphatic carbocycles. The van der Waals surface area contributed by atoms with Crippen LogP contribution in [0.3, 0.4) is 0 Å². The molecule has 4 heterocycles. The number of fused-ring (bicyclic) bond motifs is 2. The lowest BCUT2D eigenvalue weighted by molar-refractivity contribution is -0.128. The van der Waals surface area contributed by atoms with Crippen LogP contribution in [0.5, 0.6) is 17.2 Å². The zero-order chi connectivity index (χ0) is 46.4. The highest BCUT2D eigenvalue weighted by atomic mass is 79.9. The van der Waals surface area contributed by atoms with Crippen molar-refractivity contribution >= 4 is 67.7 Å². The van der Waals surface area contributed by atoms with Crippen molar-refractivity contribution in [3.63, 3.8) is 0 Å². The third-order valence-corrected chi connectivity index (χ3v) is 11.0. The molecule has 0 unspecified atom stereocenters. The summed E-state index contributed by atoms with van der Waals surface area (Å²) in [6, 6.07) is 13.5. The summed E-state index contributed by atoms with van der Waals surface area (Å²) in [6.07, 6.45) is 6.97. The molecule has 6 rings (SSSR count). The molecular weight excluding hydrogens is 919 g/mol. The minimum atomic E-state index is -0.452. The van der Waals surface area contributed by atoms with E-state index in [1.807, 2.05) is 0 Å². The normalized spacial score (nSPS) is 11.0. The average Bonchev–Trinajstić information content (AvgIpc) is 3.23. The van der Waals surface area contributed by atoms with Crippen molar-refractivity contribution < 1.29 is 24.5 Å². The molecule has 0 aliphatic heterocycles. The van der Waals surface area contributed by atoms with Crippen molar-refractivity contribution in [2.45, 2.75) is 79.3 Å². The van der Waals surface area contributed by atoms with Gasteiger partial charge >= 0.3 is 11.4 Å². The fourth-order valence-electron chi connectivity index (χ4n) is 6.54. The van der Waals surface area contributed by atoms with Crippen molar-refractivity contribution in [3.05, 3.63) is 128 Å². The molecule has 338 valence electrons. The Bertz CT molecular complexity index is 2750. The first-order valence-electron chi connectivity index (χ1n) is 20.4. The van der Waals surface area contributed by atoms with Gasteiger partial charge in [0.15, 0.2) is 0 Å². The Balaban J connectivity index is 0.000000238. The molecule has 0 spiro atoms. The van der Waals surface area contributed by atoms with Gasteiger partial charge in [-0.1, -0.05) is 63.0 Å². The molecule has 2 aromatic carbocycles. The van der Waals surface area contributed by atoms with E-state index in [9.17, 15) is 24.0 Å². The average molecular weight is 973 g/mol. The highest BCUT2D eigenvalue weighted by molar-refractivity contribution is 9.10. The molecule has 0 amide bonds. The van der Waals surface area contributed by atoms with E-state index in [0.717, 1.165) is 33.9 Å². The Labute approximate surface area is 382 Å². The van der Waals surface area contributed by atoms with Crippen molar-refractivity contribution in [3.8, 4) is 17.2 Å². The van der Waals surface area contributed by atoms with Crippen LogP contribution in [0.15, 0.2) is 84.6 Å². The maximum atomic E-state index is 13.3. The van der Waals surface area contributed by atoms with Crippen LogP contribution < -0.4 is 27.2 Å². The van der Waals surface area contributed by atoms with E-state index in [4.69, 9.17) is 38.2 Å². The zero-order valence-corrected chi connectivity index (χ0v) is 39.2. The molecular formula is C45H53BrCl2N6O9. The standard InChI is InChI=1S/C22H26ClN3O4.C17H22BrN3O4.C6H5ClO/c1-14(2)8-9-17-18(30-16-7-4-6-15(23)12-16)13-24-20-19(17)21(28)26(10-5-11-27)22(29)25(20)3;1-11(2)5-6-12-13(18)9-19-15-14(12)16(23)21(17(24)20(15)3)7-4-8-25-10-22;7-5-2-1-3-6(8)4-5/h4,6-7,12-14,27H,5,8-11H2,1-3H3;9-11H,4-8H2,1-3H3;1-4,8H. The molecule has 4 aromatic heterocycles. The van der Waals surface area contributed by atoms with Crippen LogP contribution in [0.25, 0.3) is 22.1 Å². The number of hydrogen-bond acceptors (Lipinski definition) is 11. The number of halogens is 3. The van der Waals surface area contributed by atoms with E-state index >= 15 is 0 Å². The molecule has 15 nitrogen and oxygen atoms in total. The predicted molar refractivity (Wildman–Crippen MR) is 249 cm³/mol. The topological polar surface area (TPSA) is 190 Å². The van der Waals surface area contributed by atoms with Gasteiger partial charge in [0, 0.05) is 60.1 Å². The van der Waals surface area contributed by atoms with E-state index in [1.54, 1.807) is 69.0 Å². The van der Waals surface area contributed by atoms with Gasteiger partial charge in [-0.2, -0.15) is 0 Å². The second kappa shape index (κ2) is 24.0. The molecule has 2 N–H and O–H groups in total. The second-order valence-corrected chi connectivity index (χ2v) is 17.2. The van der Waals surface area contributed by atoms with Crippen LogP contribution in [-0.2, 0) is 49.6 Å². The number of carbonyl (C=O) groups is 1. The number of phenolic OH excluding ortho intramolecular Hbond substituents is 1. The van der Waals surface area contributed by atoms with Crippen molar-refractivity contribution in [2.75, 3.05) is 13.2 Å². The summed E-state index contributed by atoms with van der Waals surface area (Å²) in [4.78, 5) is 70.3. The third-order valence-electron chi connectivity index (χ3n) is 9.86. The summed E-state index contributed by atoms with van der Waals surface area (Å²) in [5.74, 6) is 2.12. The molecule has 0 atom stereocenters. The number of benzene rings is 2. The summed E-state index contributed by atoms with van der Waals surface area (Å²) in [5, 5.41) is 19.8. The van der Waals surface area contributed by atoms with Gasteiger partial charge in [0.25, 0.3) is 17.6 Å². The Hall–Kier alpha value is -5.29. The minimum Gasteiger partial charge on any atom is -0.508 e. The van der Waals surface area contributed by atoms with Gasteiger partial charge in [-0.05, 0) is 108 Å². The van der Waals surface area contributed by atoms with E-state index in [-0.39, 0.29) is 37.6 Å². The largest absolute Gasteiger partial charge is 0.508 e. The lowest BCUT2D eigenvalue weighted by Crippen LogP contribution is -2.40. The lowest BCUT2D eigenvalue weighted by atomic mass is 10.0. The van der Waals surface area contributed by atoms with Gasteiger partial charge in [0.05, 0.1) is 23.6 Å². The van der Waals surface area contributed by atoms with E-state index in [1.165, 1.54) is 19.8 Å². The van der Waals surface area contributed by atoms with Crippen LogP contribution in [-0.4, -0.2) is 58.1 Å². The SMILES string of the molecule is CC(C)CCc1c(Br)cnc2c1c(=O)n(CCCOC=O)c(=O)n2C.CC(C)CCc1c(Oc2cccc(Cl)c2)cnc2c1c(=O)n(CCCO)c(=O)n2C.Oc1cccc(Cl)c1. The number of aliphatic hydroxyl groups excluding tert-OH is 1. The first kappa shape index (κ1) is 50.4.